The maximum Gasteiger partial charge on any atom is 0.232 e. The van der Waals surface area contributed by atoms with E-state index in [1.54, 1.807) is 7.11 Å². The van der Waals surface area contributed by atoms with Crippen LogP contribution in [-0.4, -0.2) is 36.4 Å². The number of nitrogens with one attached hydrogen (secondary N) is 1. The molecule has 0 saturated carbocycles. The van der Waals surface area contributed by atoms with Gasteiger partial charge in [0.1, 0.15) is 12.2 Å². The number of hydrogen-bond donors (Lipinski definition) is 1. The quantitative estimate of drug-likeness (QED) is 0.820. The normalized spacial score (nSPS) is 17.7. The molecule has 2 rings (SSSR count). The summed E-state index contributed by atoms with van der Waals surface area (Å²) in [5, 5.41) is 2.81. The zero-order chi connectivity index (χ0) is 16.7. The van der Waals surface area contributed by atoms with Crippen LogP contribution >= 0.6 is 0 Å². The average molecular weight is 318 g/mol. The molecule has 1 aliphatic rings. The van der Waals surface area contributed by atoms with E-state index >= 15 is 0 Å². The molecule has 1 fully saturated rings. The van der Waals surface area contributed by atoms with E-state index in [9.17, 15) is 9.59 Å². The van der Waals surface area contributed by atoms with Crippen LogP contribution in [0.4, 0.5) is 0 Å². The van der Waals surface area contributed by atoms with Gasteiger partial charge in [-0.05, 0) is 31.7 Å². The first-order valence-electron chi connectivity index (χ1n) is 8.33. The molecule has 1 heterocycles. The van der Waals surface area contributed by atoms with E-state index in [4.69, 9.17) is 4.74 Å². The van der Waals surface area contributed by atoms with Gasteiger partial charge >= 0.3 is 0 Å². The van der Waals surface area contributed by atoms with Crippen LogP contribution in [0.15, 0.2) is 24.3 Å². The number of benzene rings is 1. The van der Waals surface area contributed by atoms with Crippen molar-refractivity contribution in [3.8, 4) is 5.75 Å². The Morgan fingerprint density at radius 3 is 2.83 bits per heavy atom. The Hall–Kier alpha value is -2.04. The van der Waals surface area contributed by atoms with Gasteiger partial charge in [0.15, 0.2) is 0 Å². The molecule has 1 aromatic carbocycles. The molecule has 0 radical (unpaired) electrons. The number of hydrogen-bond acceptors (Lipinski definition) is 3. The Balaban J connectivity index is 1.85. The molecule has 1 atom stereocenters. The monoisotopic (exact) mass is 318 g/mol. The molecule has 5 heteroatoms. The van der Waals surface area contributed by atoms with Crippen molar-refractivity contribution >= 4 is 11.8 Å². The Labute approximate surface area is 138 Å². The van der Waals surface area contributed by atoms with E-state index in [-0.39, 0.29) is 18.2 Å². The third kappa shape index (κ3) is 4.71. The predicted molar refractivity (Wildman–Crippen MR) is 89.1 cm³/mol. The molecule has 5 nitrogen and oxygen atoms in total. The van der Waals surface area contributed by atoms with Gasteiger partial charge in [0.2, 0.25) is 11.8 Å². The summed E-state index contributed by atoms with van der Waals surface area (Å²) in [6, 6.07) is 7.83. The minimum atomic E-state index is -0.235. The van der Waals surface area contributed by atoms with Gasteiger partial charge in [0.05, 0.1) is 7.11 Å². The lowest BCUT2D eigenvalue weighted by atomic mass is 9.99. The molecular formula is C18H26N2O3. The molecule has 1 saturated heterocycles. The number of carbonyl (C=O) groups excluding carboxylic acids is 2. The van der Waals surface area contributed by atoms with Gasteiger partial charge in [-0.2, -0.15) is 0 Å². The molecule has 1 N–H and O–H groups in total. The Morgan fingerprint density at radius 1 is 1.30 bits per heavy atom. The van der Waals surface area contributed by atoms with E-state index in [0.29, 0.717) is 12.6 Å². The molecule has 23 heavy (non-hydrogen) atoms. The van der Waals surface area contributed by atoms with E-state index in [0.717, 1.165) is 37.1 Å². The molecule has 1 aliphatic heterocycles. The first-order chi connectivity index (χ1) is 11.2. The van der Waals surface area contributed by atoms with Crippen LogP contribution in [0.3, 0.4) is 0 Å². The second-order valence-electron chi connectivity index (χ2n) is 5.91. The zero-order valence-corrected chi connectivity index (χ0v) is 14.0. The smallest absolute Gasteiger partial charge is 0.232 e. The fraction of sp³-hybridized carbons (Fsp3) is 0.556. The number of nitrogens with zero attached hydrogens (tertiary/aromatic N) is 1. The van der Waals surface area contributed by atoms with Crippen molar-refractivity contribution in [1.82, 2.24) is 10.2 Å². The van der Waals surface area contributed by atoms with Gasteiger partial charge < -0.3 is 15.0 Å². The average Bonchev–Trinajstić information content (AvgIpc) is 2.60. The van der Waals surface area contributed by atoms with Gasteiger partial charge in [0, 0.05) is 24.7 Å². The van der Waals surface area contributed by atoms with Gasteiger partial charge in [-0.3, -0.25) is 9.59 Å². The lowest BCUT2D eigenvalue weighted by Gasteiger charge is -2.35. The highest BCUT2D eigenvalue weighted by Crippen LogP contribution is 2.20. The lowest BCUT2D eigenvalue weighted by Crippen LogP contribution is -2.45. The number of carbonyl (C=O) groups is 2. The van der Waals surface area contributed by atoms with E-state index < -0.39 is 0 Å². The molecule has 126 valence electrons. The molecule has 0 aromatic heterocycles. The largest absolute Gasteiger partial charge is 0.496 e. The van der Waals surface area contributed by atoms with E-state index in [1.165, 1.54) is 6.42 Å². The van der Waals surface area contributed by atoms with Gasteiger partial charge in [0.25, 0.3) is 0 Å². The number of likely N-dealkylation sites (tertiary alicyclic amines) is 1. The highest BCUT2D eigenvalue weighted by Gasteiger charge is 2.26. The van der Waals surface area contributed by atoms with Crippen molar-refractivity contribution in [3.05, 3.63) is 29.8 Å². The lowest BCUT2D eigenvalue weighted by molar-refractivity contribution is -0.139. The highest BCUT2D eigenvalue weighted by atomic mass is 16.5. The number of methoxy groups -OCH3 is 1. The summed E-state index contributed by atoms with van der Waals surface area (Å²) in [5.74, 6) is 0.441. The zero-order valence-electron chi connectivity index (χ0n) is 14.0. The number of rotatable bonds is 6. The molecule has 2 amide bonds. The first kappa shape index (κ1) is 17.3. The summed E-state index contributed by atoms with van der Waals surface area (Å²) in [4.78, 5) is 26.3. The number of amides is 2. The summed E-state index contributed by atoms with van der Waals surface area (Å²) < 4.78 is 5.26. The number of ether oxygens (including phenoxy) is 1. The number of para-hydroxylation sites is 1. The predicted octanol–water partition coefficient (Wildman–Crippen LogP) is 2.49. The van der Waals surface area contributed by atoms with Crippen molar-refractivity contribution in [3.63, 3.8) is 0 Å². The summed E-state index contributed by atoms with van der Waals surface area (Å²) in [6.45, 7) is 3.24. The Morgan fingerprint density at radius 2 is 2.09 bits per heavy atom. The van der Waals surface area contributed by atoms with Gasteiger partial charge in [-0.25, -0.2) is 0 Å². The van der Waals surface area contributed by atoms with Gasteiger partial charge in [-0.15, -0.1) is 0 Å². The van der Waals surface area contributed by atoms with Crippen LogP contribution in [0.2, 0.25) is 0 Å². The molecule has 0 bridgehead atoms. The third-order valence-corrected chi connectivity index (χ3v) is 4.40. The topological polar surface area (TPSA) is 58.6 Å². The van der Waals surface area contributed by atoms with Crippen molar-refractivity contribution in [2.75, 3.05) is 13.7 Å². The second kappa shape index (κ2) is 8.56. The van der Waals surface area contributed by atoms with Crippen LogP contribution in [0, 0.1) is 0 Å². The van der Waals surface area contributed by atoms with Crippen LogP contribution in [-0.2, 0) is 16.1 Å². The molecular weight excluding hydrogens is 292 g/mol. The summed E-state index contributed by atoms with van der Waals surface area (Å²) in [7, 11) is 1.60. The van der Waals surface area contributed by atoms with Gasteiger partial charge in [-0.1, -0.05) is 25.1 Å². The van der Waals surface area contributed by atoms with Crippen molar-refractivity contribution in [2.24, 2.45) is 0 Å². The highest BCUT2D eigenvalue weighted by molar-refractivity contribution is 5.97. The summed E-state index contributed by atoms with van der Waals surface area (Å²) >= 11 is 0. The third-order valence-electron chi connectivity index (χ3n) is 4.40. The fourth-order valence-electron chi connectivity index (χ4n) is 3.10. The van der Waals surface area contributed by atoms with Crippen molar-refractivity contribution in [1.29, 1.82) is 0 Å². The van der Waals surface area contributed by atoms with Crippen molar-refractivity contribution < 1.29 is 14.3 Å². The minimum absolute atomic E-state index is 0.0610. The second-order valence-corrected chi connectivity index (χ2v) is 5.91. The minimum Gasteiger partial charge on any atom is -0.496 e. The summed E-state index contributed by atoms with van der Waals surface area (Å²) in [6.07, 6.45) is 4.12. The van der Waals surface area contributed by atoms with Crippen LogP contribution in [0.5, 0.6) is 5.75 Å². The maximum absolute atomic E-state index is 12.4. The molecule has 1 unspecified atom stereocenters. The standard InChI is InChI=1S/C18H26N2O3/c1-3-15-9-6-7-11-20(15)18(22)12-17(21)19-13-14-8-4-5-10-16(14)23-2/h4-5,8,10,15H,3,6-7,9,11-13H2,1-2H3,(H,19,21). The van der Waals surface area contributed by atoms with Crippen LogP contribution < -0.4 is 10.1 Å². The van der Waals surface area contributed by atoms with Crippen molar-refractivity contribution in [2.45, 2.75) is 51.6 Å². The first-order valence-corrected chi connectivity index (χ1v) is 8.33. The number of piperidine rings is 1. The SMILES string of the molecule is CCC1CCCCN1C(=O)CC(=O)NCc1ccccc1OC. The van der Waals surface area contributed by atoms with E-state index in [2.05, 4.69) is 12.2 Å². The molecule has 0 spiro atoms. The fourth-order valence-corrected chi connectivity index (χ4v) is 3.10. The molecule has 0 aliphatic carbocycles. The molecule has 1 aromatic rings. The summed E-state index contributed by atoms with van der Waals surface area (Å²) in [5.41, 5.74) is 0.903. The van der Waals surface area contributed by atoms with Crippen LogP contribution in [0.25, 0.3) is 0 Å². The Kier molecular flexibility index (Phi) is 6.44. The van der Waals surface area contributed by atoms with Crippen LogP contribution in [0.1, 0.15) is 44.6 Å². The Bertz CT molecular complexity index is 545. The maximum atomic E-state index is 12.4. The van der Waals surface area contributed by atoms with E-state index in [1.807, 2.05) is 29.2 Å².